The molecular formula is C15H19N3O2S. The van der Waals surface area contributed by atoms with Gasteiger partial charge in [-0.25, -0.2) is 13.6 Å². The molecule has 5 N–H and O–H groups in total. The summed E-state index contributed by atoms with van der Waals surface area (Å²) >= 11 is 0. The SMILES string of the molecule is CC(Cc1ccccc1)Nc1ccc(N)cc1S(N)(=O)=O. The van der Waals surface area contributed by atoms with Crippen molar-refractivity contribution in [2.24, 2.45) is 5.14 Å². The fraction of sp³-hybridized carbons (Fsp3) is 0.200. The summed E-state index contributed by atoms with van der Waals surface area (Å²) in [6, 6.07) is 14.7. The van der Waals surface area contributed by atoms with E-state index in [0.29, 0.717) is 11.4 Å². The van der Waals surface area contributed by atoms with Gasteiger partial charge in [0.25, 0.3) is 0 Å². The third kappa shape index (κ3) is 4.21. The Bertz CT molecular complexity index is 715. The predicted molar refractivity (Wildman–Crippen MR) is 85.5 cm³/mol. The van der Waals surface area contributed by atoms with E-state index in [1.54, 1.807) is 12.1 Å². The van der Waals surface area contributed by atoms with E-state index >= 15 is 0 Å². The Labute approximate surface area is 125 Å². The molecule has 0 fully saturated rings. The molecule has 0 bridgehead atoms. The molecule has 21 heavy (non-hydrogen) atoms. The van der Waals surface area contributed by atoms with Gasteiger partial charge in [-0.3, -0.25) is 0 Å². The summed E-state index contributed by atoms with van der Waals surface area (Å²) in [5, 5.41) is 8.41. The van der Waals surface area contributed by atoms with Gasteiger partial charge in [0.15, 0.2) is 0 Å². The van der Waals surface area contributed by atoms with Crippen molar-refractivity contribution in [1.29, 1.82) is 0 Å². The molecule has 0 saturated carbocycles. The lowest BCUT2D eigenvalue weighted by Crippen LogP contribution is -2.21. The molecular weight excluding hydrogens is 286 g/mol. The third-order valence-corrected chi connectivity index (χ3v) is 4.05. The Morgan fingerprint density at radius 1 is 1.14 bits per heavy atom. The first-order valence-corrected chi connectivity index (χ1v) is 8.13. The van der Waals surface area contributed by atoms with Gasteiger partial charge < -0.3 is 11.1 Å². The van der Waals surface area contributed by atoms with E-state index in [1.165, 1.54) is 11.6 Å². The van der Waals surface area contributed by atoms with Gasteiger partial charge >= 0.3 is 0 Å². The van der Waals surface area contributed by atoms with Gasteiger partial charge in [-0.15, -0.1) is 0 Å². The smallest absolute Gasteiger partial charge is 0.240 e. The molecule has 0 aliphatic rings. The van der Waals surface area contributed by atoms with E-state index < -0.39 is 10.0 Å². The van der Waals surface area contributed by atoms with Gasteiger partial charge in [-0.05, 0) is 37.1 Å². The first kappa shape index (κ1) is 15.3. The molecule has 0 heterocycles. The molecule has 0 aliphatic heterocycles. The zero-order valence-electron chi connectivity index (χ0n) is 11.8. The Kier molecular flexibility index (Phi) is 4.50. The molecule has 0 amide bonds. The van der Waals surface area contributed by atoms with Gasteiger partial charge in [-0.2, -0.15) is 0 Å². The van der Waals surface area contributed by atoms with Crippen molar-refractivity contribution in [3.05, 3.63) is 54.1 Å². The second-order valence-electron chi connectivity index (χ2n) is 5.04. The van der Waals surface area contributed by atoms with Crippen molar-refractivity contribution in [3.63, 3.8) is 0 Å². The van der Waals surface area contributed by atoms with Crippen molar-refractivity contribution in [2.45, 2.75) is 24.3 Å². The van der Waals surface area contributed by atoms with Crippen molar-refractivity contribution in [2.75, 3.05) is 11.1 Å². The fourth-order valence-corrected chi connectivity index (χ4v) is 2.91. The highest BCUT2D eigenvalue weighted by molar-refractivity contribution is 7.89. The van der Waals surface area contributed by atoms with E-state index in [9.17, 15) is 8.42 Å². The summed E-state index contributed by atoms with van der Waals surface area (Å²) < 4.78 is 23.3. The molecule has 0 radical (unpaired) electrons. The van der Waals surface area contributed by atoms with Crippen LogP contribution in [0.4, 0.5) is 11.4 Å². The van der Waals surface area contributed by atoms with Crippen molar-refractivity contribution < 1.29 is 8.42 Å². The molecule has 0 aliphatic carbocycles. The van der Waals surface area contributed by atoms with E-state index in [0.717, 1.165) is 6.42 Å². The molecule has 0 saturated heterocycles. The molecule has 6 heteroatoms. The molecule has 0 spiro atoms. The number of hydrogen-bond acceptors (Lipinski definition) is 4. The highest BCUT2D eigenvalue weighted by Gasteiger charge is 2.16. The minimum absolute atomic E-state index is 0.0161. The summed E-state index contributed by atoms with van der Waals surface area (Å²) in [5.74, 6) is 0. The van der Waals surface area contributed by atoms with E-state index in [1.807, 2.05) is 37.3 Å². The second-order valence-corrected chi connectivity index (χ2v) is 6.57. The number of nitrogens with two attached hydrogens (primary N) is 2. The predicted octanol–water partition coefficient (Wildman–Crippen LogP) is 1.96. The third-order valence-electron chi connectivity index (χ3n) is 3.10. The molecule has 0 aromatic heterocycles. The van der Waals surface area contributed by atoms with Crippen LogP contribution in [0.25, 0.3) is 0 Å². The standard InChI is InChI=1S/C15H19N3O2S/c1-11(9-12-5-3-2-4-6-12)18-14-8-7-13(16)10-15(14)21(17,19)20/h2-8,10-11,18H,9,16H2,1H3,(H2,17,19,20). The average Bonchev–Trinajstić information content (AvgIpc) is 2.40. The first-order chi connectivity index (χ1) is 9.86. The number of rotatable bonds is 5. The lowest BCUT2D eigenvalue weighted by atomic mass is 10.1. The van der Waals surface area contributed by atoms with E-state index in [-0.39, 0.29) is 10.9 Å². The van der Waals surface area contributed by atoms with Crippen LogP contribution < -0.4 is 16.2 Å². The zero-order valence-corrected chi connectivity index (χ0v) is 12.6. The molecule has 2 aromatic carbocycles. The topological polar surface area (TPSA) is 98.2 Å². The van der Waals surface area contributed by atoms with Crippen LogP contribution in [0.15, 0.2) is 53.4 Å². The normalized spacial score (nSPS) is 12.9. The van der Waals surface area contributed by atoms with Crippen molar-refractivity contribution >= 4 is 21.4 Å². The van der Waals surface area contributed by atoms with Crippen molar-refractivity contribution in [3.8, 4) is 0 Å². The number of sulfonamides is 1. The van der Waals surface area contributed by atoms with Gasteiger partial charge in [0, 0.05) is 11.7 Å². The van der Waals surface area contributed by atoms with Crippen LogP contribution in [0, 0.1) is 0 Å². The Morgan fingerprint density at radius 2 is 1.81 bits per heavy atom. The largest absolute Gasteiger partial charge is 0.399 e. The maximum atomic E-state index is 11.6. The molecule has 5 nitrogen and oxygen atoms in total. The lowest BCUT2D eigenvalue weighted by Gasteiger charge is -2.18. The zero-order chi connectivity index (χ0) is 15.5. The minimum Gasteiger partial charge on any atom is -0.399 e. The molecule has 1 atom stereocenters. The summed E-state index contributed by atoms with van der Waals surface area (Å²) in [4.78, 5) is 0.0161. The van der Waals surface area contributed by atoms with Crippen LogP contribution in [-0.2, 0) is 16.4 Å². The first-order valence-electron chi connectivity index (χ1n) is 6.59. The molecule has 2 aromatic rings. The molecule has 1 unspecified atom stereocenters. The maximum absolute atomic E-state index is 11.6. The summed E-state index contributed by atoms with van der Waals surface area (Å²) in [7, 11) is -3.82. The van der Waals surface area contributed by atoms with Crippen LogP contribution in [0.2, 0.25) is 0 Å². The van der Waals surface area contributed by atoms with Gasteiger partial charge in [-0.1, -0.05) is 30.3 Å². The molecule has 112 valence electrons. The number of nitrogen functional groups attached to an aromatic ring is 1. The Hall–Kier alpha value is -2.05. The van der Waals surface area contributed by atoms with Crippen molar-refractivity contribution in [1.82, 2.24) is 0 Å². The number of primary sulfonamides is 1. The summed E-state index contributed by atoms with van der Waals surface area (Å²) in [5.41, 5.74) is 7.63. The van der Waals surface area contributed by atoms with E-state index in [2.05, 4.69) is 5.32 Å². The Balaban J connectivity index is 2.20. The summed E-state index contributed by atoms with van der Waals surface area (Å²) in [6.07, 6.45) is 0.773. The fourth-order valence-electron chi connectivity index (χ4n) is 2.18. The van der Waals surface area contributed by atoms with Gasteiger partial charge in [0.05, 0.1) is 5.69 Å². The highest BCUT2D eigenvalue weighted by atomic mass is 32.2. The van der Waals surface area contributed by atoms with Crippen LogP contribution in [0.5, 0.6) is 0 Å². The highest BCUT2D eigenvalue weighted by Crippen LogP contribution is 2.24. The minimum atomic E-state index is -3.82. The van der Waals surface area contributed by atoms with Crippen LogP contribution >= 0.6 is 0 Å². The summed E-state index contributed by atoms with van der Waals surface area (Å²) in [6.45, 7) is 1.98. The number of hydrogen-bond donors (Lipinski definition) is 3. The van der Waals surface area contributed by atoms with Crippen LogP contribution in [0.1, 0.15) is 12.5 Å². The van der Waals surface area contributed by atoms with Crippen LogP contribution in [0.3, 0.4) is 0 Å². The number of benzene rings is 2. The van der Waals surface area contributed by atoms with Gasteiger partial charge in [0.2, 0.25) is 10.0 Å². The average molecular weight is 305 g/mol. The maximum Gasteiger partial charge on any atom is 0.240 e. The van der Waals surface area contributed by atoms with Crippen LogP contribution in [-0.4, -0.2) is 14.5 Å². The van der Waals surface area contributed by atoms with Gasteiger partial charge in [0.1, 0.15) is 4.90 Å². The molecule has 2 rings (SSSR count). The number of anilines is 2. The monoisotopic (exact) mass is 305 g/mol. The number of nitrogens with one attached hydrogen (secondary N) is 1. The quantitative estimate of drug-likeness (QED) is 0.735. The van der Waals surface area contributed by atoms with E-state index in [4.69, 9.17) is 10.9 Å². The lowest BCUT2D eigenvalue weighted by molar-refractivity contribution is 0.598. The second kappa shape index (κ2) is 6.15. The Morgan fingerprint density at radius 3 is 2.43 bits per heavy atom.